The second-order valence-corrected chi connectivity index (χ2v) is 5.90. The summed E-state index contributed by atoms with van der Waals surface area (Å²) in [4.78, 5) is 12.2. The Morgan fingerprint density at radius 2 is 1.75 bits per heavy atom. The first-order valence-electron chi connectivity index (χ1n) is 7.96. The molecule has 2 aromatic rings. The minimum absolute atomic E-state index is 0.238. The van der Waals surface area contributed by atoms with Gasteiger partial charge in [0, 0.05) is 12.1 Å². The number of hydrogen-bond acceptors (Lipinski definition) is 3. The molecule has 24 heavy (non-hydrogen) atoms. The number of carbonyl (C=O) groups is 1. The predicted molar refractivity (Wildman–Crippen MR) is 100 cm³/mol. The zero-order valence-corrected chi connectivity index (χ0v) is 14.8. The van der Waals surface area contributed by atoms with E-state index in [1.807, 2.05) is 38.1 Å². The van der Waals surface area contributed by atoms with Gasteiger partial charge in [0.25, 0.3) is 5.91 Å². The van der Waals surface area contributed by atoms with Gasteiger partial charge in [0.2, 0.25) is 0 Å². The largest absolute Gasteiger partial charge is 0.494 e. The van der Waals surface area contributed by atoms with Gasteiger partial charge in [-0.15, -0.1) is 0 Å². The highest BCUT2D eigenvalue weighted by Gasteiger charge is 2.08. The number of thiocarbonyl (C=S) groups is 1. The van der Waals surface area contributed by atoms with Crippen LogP contribution in [0.15, 0.2) is 48.5 Å². The molecule has 2 N–H and O–H groups in total. The first-order chi connectivity index (χ1) is 11.6. The van der Waals surface area contributed by atoms with E-state index in [0.29, 0.717) is 23.8 Å². The molecule has 0 aliphatic heterocycles. The quantitative estimate of drug-likeness (QED) is 0.788. The molecule has 0 radical (unpaired) electrons. The molecule has 4 nitrogen and oxygen atoms in total. The lowest BCUT2D eigenvalue weighted by Gasteiger charge is -2.10. The number of rotatable bonds is 6. The lowest BCUT2D eigenvalue weighted by molar-refractivity contribution is 0.0976. The maximum absolute atomic E-state index is 12.2. The van der Waals surface area contributed by atoms with Gasteiger partial charge in [0.05, 0.1) is 6.61 Å². The molecule has 1 amide bonds. The third kappa shape index (κ3) is 5.66. The summed E-state index contributed by atoms with van der Waals surface area (Å²) < 4.78 is 5.50. The van der Waals surface area contributed by atoms with Gasteiger partial charge < -0.3 is 10.1 Å². The van der Waals surface area contributed by atoms with E-state index in [0.717, 1.165) is 17.7 Å². The van der Waals surface area contributed by atoms with Crippen molar-refractivity contribution < 1.29 is 9.53 Å². The van der Waals surface area contributed by atoms with E-state index in [9.17, 15) is 4.79 Å². The van der Waals surface area contributed by atoms with Crippen molar-refractivity contribution in [3.05, 3.63) is 65.2 Å². The third-order valence-corrected chi connectivity index (χ3v) is 3.64. The maximum atomic E-state index is 12.2. The Morgan fingerprint density at radius 3 is 2.38 bits per heavy atom. The minimum atomic E-state index is -0.238. The summed E-state index contributed by atoms with van der Waals surface area (Å²) in [5, 5.41) is 6.03. The lowest BCUT2D eigenvalue weighted by atomic mass is 10.1. The Bertz CT molecular complexity index is 682. The van der Waals surface area contributed by atoms with Gasteiger partial charge in [-0.25, -0.2) is 0 Å². The average molecular weight is 342 g/mol. The molecule has 2 rings (SSSR count). The van der Waals surface area contributed by atoms with Crippen molar-refractivity contribution in [2.45, 2.75) is 26.8 Å². The summed E-state index contributed by atoms with van der Waals surface area (Å²) in [6, 6.07) is 15.2. The lowest BCUT2D eigenvalue weighted by Crippen LogP contribution is -2.38. The molecular formula is C19H22N2O2S. The number of hydrogen-bond donors (Lipinski definition) is 2. The fourth-order valence-electron chi connectivity index (χ4n) is 2.03. The first-order valence-corrected chi connectivity index (χ1v) is 8.37. The van der Waals surface area contributed by atoms with E-state index in [-0.39, 0.29) is 5.91 Å². The molecule has 126 valence electrons. The first kappa shape index (κ1) is 17.9. The number of ether oxygens (including phenoxy) is 1. The Balaban J connectivity index is 1.82. The molecular weight excluding hydrogens is 320 g/mol. The fourth-order valence-corrected chi connectivity index (χ4v) is 2.20. The monoisotopic (exact) mass is 342 g/mol. The van der Waals surface area contributed by atoms with Crippen LogP contribution in [0.1, 0.15) is 34.8 Å². The van der Waals surface area contributed by atoms with Crippen LogP contribution in [0.5, 0.6) is 5.75 Å². The van der Waals surface area contributed by atoms with Crippen LogP contribution < -0.4 is 15.4 Å². The Morgan fingerprint density at radius 1 is 1.08 bits per heavy atom. The smallest absolute Gasteiger partial charge is 0.257 e. The molecule has 0 bridgehead atoms. The van der Waals surface area contributed by atoms with Crippen LogP contribution in [0.2, 0.25) is 0 Å². The van der Waals surface area contributed by atoms with Gasteiger partial charge in [-0.1, -0.05) is 36.8 Å². The van der Waals surface area contributed by atoms with Gasteiger partial charge in [0.1, 0.15) is 5.75 Å². The van der Waals surface area contributed by atoms with Crippen molar-refractivity contribution in [1.29, 1.82) is 0 Å². The van der Waals surface area contributed by atoms with E-state index < -0.39 is 0 Å². The summed E-state index contributed by atoms with van der Waals surface area (Å²) >= 11 is 5.17. The highest BCUT2D eigenvalue weighted by atomic mass is 32.1. The van der Waals surface area contributed by atoms with Crippen molar-refractivity contribution in [3.8, 4) is 5.75 Å². The molecule has 0 spiro atoms. The summed E-state index contributed by atoms with van der Waals surface area (Å²) in [6.07, 6.45) is 0.948. The van der Waals surface area contributed by atoms with Crippen LogP contribution in [0, 0.1) is 6.92 Å². The predicted octanol–water partition coefficient (Wildman–Crippen LogP) is 3.59. The highest BCUT2D eigenvalue weighted by molar-refractivity contribution is 7.80. The number of benzene rings is 2. The molecule has 5 heteroatoms. The number of amides is 1. The van der Waals surface area contributed by atoms with Crippen molar-refractivity contribution >= 4 is 23.2 Å². The Kier molecular flexibility index (Phi) is 6.75. The zero-order chi connectivity index (χ0) is 17.4. The minimum Gasteiger partial charge on any atom is -0.494 e. The second kappa shape index (κ2) is 9.03. The van der Waals surface area contributed by atoms with Crippen LogP contribution in [0.4, 0.5) is 0 Å². The fraction of sp³-hybridized carbons (Fsp3) is 0.263. The van der Waals surface area contributed by atoms with Gasteiger partial charge in [0.15, 0.2) is 5.11 Å². The van der Waals surface area contributed by atoms with Gasteiger partial charge >= 0.3 is 0 Å². The molecule has 0 aliphatic rings. The van der Waals surface area contributed by atoms with Crippen molar-refractivity contribution in [3.63, 3.8) is 0 Å². The van der Waals surface area contributed by atoms with E-state index in [1.54, 1.807) is 24.3 Å². The average Bonchev–Trinajstić information content (AvgIpc) is 2.60. The molecule has 0 unspecified atom stereocenters. The van der Waals surface area contributed by atoms with Gasteiger partial charge in [-0.05, 0) is 55.4 Å². The van der Waals surface area contributed by atoms with E-state index in [2.05, 4.69) is 10.6 Å². The van der Waals surface area contributed by atoms with Crippen molar-refractivity contribution in [2.75, 3.05) is 6.61 Å². The molecule has 0 saturated carbocycles. The van der Waals surface area contributed by atoms with E-state index >= 15 is 0 Å². The standard InChI is InChI=1S/C19H22N2O2S/c1-3-12-23-17-10-8-16(9-11-17)18(22)21-19(24)20-13-15-6-4-14(2)5-7-15/h4-11H,3,12-13H2,1-2H3,(H2,20,21,22,24). The summed E-state index contributed by atoms with van der Waals surface area (Å²) in [5.74, 6) is 0.520. The normalized spacial score (nSPS) is 10.1. The topological polar surface area (TPSA) is 50.4 Å². The maximum Gasteiger partial charge on any atom is 0.257 e. The van der Waals surface area contributed by atoms with Crippen LogP contribution >= 0.6 is 12.2 Å². The molecule has 2 aromatic carbocycles. The molecule has 0 heterocycles. The van der Waals surface area contributed by atoms with Crippen LogP contribution in [-0.2, 0) is 6.54 Å². The molecule has 0 fully saturated rings. The van der Waals surface area contributed by atoms with Crippen LogP contribution in [0.25, 0.3) is 0 Å². The number of carbonyl (C=O) groups excluding carboxylic acids is 1. The SMILES string of the molecule is CCCOc1ccc(C(=O)NC(=S)NCc2ccc(C)cc2)cc1. The third-order valence-electron chi connectivity index (χ3n) is 3.39. The zero-order valence-electron chi connectivity index (χ0n) is 14.0. The summed E-state index contributed by atoms with van der Waals surface area (Å²) in [6.45, 7) is 5.33. The number of aryl methyl sites for hydroxylation is 1. The van der Waals surface area contributed by atoms with Gasteiger partial charge in [-0.3, -0.25) is 10.1 Å². The van der Waals surface area contributed by atoms with Crippen LogP contribution in [0.3, 0.4) is 0 Å². The van der Waals surface area contributed by atoms with E-state index in [1.165, 1.54) is 5.56 Å². The molecule has 0 saturated heterocycles. The molecule has 0 aliphatic carbocycles. The van der Waals surface area contributed by atoms with Crippen LogP contribution in [-0.4, -0.2) is 17.6 Å². The summed E-state index contributed by atoms with van der Waals surface area (Å²) in [5.41, 5.74) is 2.86. The highest BCUT2D eigenvalue weighted by Crippen LogP contribution is 2.12. The van der Waals surface area contributed by atoms with Crippen molar-refractivity contribution in [1.82, 2.24) is 10.6 Å². The molecule has 0 atom stereocenters. The molecule has 0 aromatic heterocycles. The van der Waals surface area contributed by atoms with E-state index in [4.69, 9.17) is 17.0 Å². The Hall–Kier alpha value is -2.40. The Labute approximate surface area is 148 Å². The number of nitrogens with one attached hydrogen (secondary N) is 2. The van der Waals surface area contributed by atoms with Gasteiger partial charge in [-0.2, -0.15) is 0 Å². The second-order valence-electron chi connectivity index (χ2n) is 5.50. The van der Waals surface area contributed by atoms with Crippen molar-refractivity contribution in [2.24, 2.45) is 0 Å². The summed E-state index contributed by atoms with van der Waals surface area (Å²) in [7, 11) is 0.